The molecule has 1 saturated heterocycles. The van der Waals surface area contributed by atoms with Crippen molar-refractivity contribution in [1.82, 2.24) is 5.27 Å². The molecule has 1 aromatic rings. The third-order valence-corrected chi connectivity index (χ3v) is 4.05. The zero-order valence-electron chi connectivity index (χ0n) is 9.28. The minimum Gasteiger partial charge on any atom is -0.380 e. The Labute approximate surface area is 92.9 Å². The molecular formula is C9H16N4OS. The third kappa shape index (κ3) is 1.78. The Kier molecular flexibility index (Phi) is 2.54. The maximum absolute atomic E-state index is 7.51. The Morgan fingerprint density at radius 1 is 1.60 bits per heavy atom. The van der Waals surface area contributed by atoms with Gasteiger partial charge in [0.15, 0.2) is 0 Å². The summed E-state index contributed by atoms with van der Waals surface area (Å²) in [4.78, 5) is 1.72. The first-order chi connectivity index (χ1) is 7.02. The zero-order valence-corrected chi connectivity index (χ0v) is 10.1. The molecule has 0 saturated carbocycles. The number of nitrogens with zero attached hydrogens (tertiary/aromatic N) is 3. The lowest BCUT2D eigenvalue weighted by Crippen LogP contribution is -2.72. The van der Waals surface area contributed by atoms with Crippen LogP contribution in [-0.4, -0.2) is 23.6 Å². The van der Waals surface area contributed by atoms with Crippen LogP contribution < -0.4 is 20.6 Å². The number of thioether (sulfide) groups is 1. The molecule has 0 aromatic carbocycles. The highest BCUT2D eigenvalue weighted by molar-refractivity contribution is 7.99. The molecule has 1 aliphatic heterocycles. The molecule has 0 atom stereocenters. The molecule has 15 heavy (non-hydrogen) atoms. The normalized spacial score (nSPS) is 20.6. The van der Waals surface area contributed by atoms with Gasteiger partial charge in [-0.3, -0.25) is 10.4 Å². The zero-order chi connectivity index (χ0) is 11.1. The summed E-state index contributed by atoms with van der Waals surface area (Å²) in [6, 6.07) is 0. The summed E-state index contributed by atoms with van der Waals surface area (Å²) in [6.45, 7) is 7.17. The van der Waals surface area contributed by atoms with Gasteiger partial charge in [-0.15, -0.1) is 0 Å². The number of hydrogen-bond donors (Lipinski definition) is 1. The third-order valence-electron chi connectivity index (χ3n) is 2.67. The van der Waals surface area contributed by atoms with Gasteiger partial charge in [0.25, 0.3) is 11.2 Å². The lowest BCUT2D eigenvalue weighted by Gasteiger charge is -2.42. The Balaban J connectivity index is 2.37. The largest absolute Gasteiger partial charge is 0.380 e. The van der Waals surface area contributed by atoms with E-state index in [0.29, 0.717) is 0 Å². The molecule has 2 heterocycles. The number of hydrogen-bond acceptors (Lipinski definition) is 4. The molecule has 0 spiro atoms. The molecule has 6 heteroatoms. The number of aromatic nitrogens is 2. The summed E-state index contributed by atoms with van der Waals surface area (Å²) in [5.74, 6) is 2.16. The van der Waals surface area contributed by atoms with E-state index in [0.717, 1.165) is 23.7 Å². The van der Waals surface area contributed by atoms with E-state index in [2.05, 4.69) is 24.1 Å². The lowest BCUT2D eigenvalue weighted by atomic mass is 10.1. The van der Waals surface area contributed by atoms with E-state index in [4.69, 9.17) is 9.93 Å². The summed E-state index contributed by atoms with van der Waals surface area (Å²) < 4.78 is 4.87. The number of rotatable bonds is 1. The molecule has 2 rings (SSSR count). The van der Waals surface area contributed by atoms with E-state index < -0.39 is 0 Å². The second kappa shape index (κ2) is 3.59. The molecule has 1 aliphatic rings. The van der Waals surface area contributed by atoms with E-state index in [9.17, 15) is 0 Å². The molecule has 1 N–H and O–H groups in total. The molecule has 84 valence electrons. The van der Waals surface area contributed by atoms with Crippen molar-refractivity contribution in [2.75, 3.05) is 23.1 Å². The summed E-state index contributed by atoms with van der Waals surface area (Å²) in [5.41, 5.74) is 0.959. The molecule has 0 radical (unpaired) electrons. The van der Waals surface area contributed by atoms with Gasteiger partial charge < -0.3 is 4.52 Å². The summed E-state index contributed by atoms with van der Waals surface area (Å²) in [6.07, 6.45) is 0. The molecular weight excluding hydrogens is 212 g/mol. The SMILES string of the molecule is Cc1c(=N)o[n-][n+]1N1CCSCC1(C)C. The molecule has 0 bridgehead atoms. The first-order valence-corrected chi connectivity index (χ1v) is 6.14. The molecule has 1 aromatic heterocycles. The Morgan fingerprint density at radius 2 is 2.33 bits per heavy atom. The minimum absolute atomic E-state index is 0.0572. The average Bonchev–Trinajstić information content (AvgIpc) is 2.48. The maximum Gasteiger partial charge on any atom is 0.289 e. The van der Waals surface area contributed by atoms with Crippen LogP contribution in [0.5, 0.6) is 0 Å². The van der Waals surface area contributed by atoms with Crippen LogP contribution in [0.4, 0.5) is 0 Å². The van der Waals surface area contributed by atoms with Crippen LogP contribution in [0.15, 0.2) is 4.52 Å². The fourth-order valence-corrected chi connectivity index (χ4v) is 2.82. The van der Waals surface area contributed by atoms with Crippen molar-refractivity contribution >= 4 is 11.8 Å². The second-order valence-corrected chi connectivity index (χ2v) is 5.47. The topological polar surface area (TPSA) is 58.2 Å². The quantitative estimate of drug-likeness (QED) is 0.675. The van der Waals surface area contributed by atoms with Crippen LogP contribution in [0.1, 0.15) is 19.5 Å². The van der Waals surface area contributed by atoms with Gasteiger partial charge in [-0.05, 0) is 11.0 Å². The van der Waals surface area contributed by atoms with Crippen molar-refractivity contribution < 1.29 is 9.31 Å². The van der Waals surface area contributed by atoms with Crippen LogP contribution in [-0.2, 0) is 0 Å². The van der Waals surface area contributed by atoms with Crippen LogP contribution >= 0.6 is 11.8 Å². The van der Waals surface area contributed by atoms with Crippen LogP contribution in [0, 0.1) is 12.3 Å². The van der Waals surface area contributed by atoms with Gasteiger partial charge in [-0.25, -0.2) is 0 Å². The van der Waals surface area contributed by atoms with Crippen molar-refractivity contribution in [3.8, 4) is 0 Å². The van der Waals surface area contributed by atoms with E-state index in [1.54, 1.807) is 4.79 Å². The summed E-state index contributed by atoms with van der Waals surface area (Å²) in [7, 11) is 0. The van der Waals surface area contributed by atoms with Crippen molar-refractivity contribution in [3.05, 3.63) is 11.2 Å². The van der Waals surface area contributed by atoms with Gasteiger partial charge in [0.2, 0.25) is 0 Å². The van der Waals surface area contributed by atoms with Gasteiger partial charge in [0.05, 0.1) is 0 Å². The smallest absolute Gasteiger partial charge is 0.289 e. The second-order valence-electron chi connectivity index (χ2n) is 4.37. The average molecular weight is 228 g/mol. The van der Waals surface area contributed by atoms with E-state index in [-0.39, 0.29) is 11.1 Å². The van der Waals surface area contributed by atoms with Gasteiger partial charge in [0.1, 0.15) is 0 Å². The molecule has 0 unspecified atom stereocenters. The fraction of sp³-hybridized carbons (Fsp3) is 0.778. The lowest BCUT2D eigenvalue weighted by molar-refractivity contribution is -0.774. The number of nitrogens with one attached hydrogen (secondary N) is 1. The van der Waals surface area contributed by atoms with E-state index >= 15 is 0 Å². The molecule has 0 amide bonds. The summed E-state index contributed by atoms with van der Waals surface area (Å²) >= 11 is 1.95. The molecule has 0 aliphatic carbocycles. The van der Waals surface area contributed by atoms with E-state index in [1.807, 2.05) is 18.7 Å². The van der Waals surface area contributed by atoms with Crippen LogP contribution in [0.25, 0.3) is 0 Å². The van der Waals surface area contributed by atoms with Gasteiger partial charge >= 0.3 is 0 Å². The van der Waals surface area contributed by atoms with Gasteiger partial charge in [-0.1, -0.05) is 18.6 Å². The first-order valence-electron chi connectivity index (χ1n) is 4.98. The Morgan fingerprint density at radius 3 is 2.87 bits per heavy atom. The maximum atomic E-state index is 7.51. The van der Waals surface area contributed by atoms with Crippen molar-refractivity contribution in [2.24, 2.45) is 0 Å². The van der Waals surface area contributed by atoms with Crippen LogP contribution in [0.3, 0.4) is 0 Å². The van der Waals surface area contributed by atoms with Gasteiger partial charge in [-0.2, -0.15) is 11.8 Å². The minimum atomic E-state index is 0.0572. The van der Waals surface area contributed by atoms with Crippen LogP contribution in [0.2, 0.25) is 0 Å². The monoisotopic (exact) mass is 228 g/mol. The first kappa shape index (κ1) is 10.6. The highest BCUT2D eigenvalue weighted by atomic mass is 32.2. The Hall–Kier alpha value is -0.910. The van der Waals surface area contributed by atoms with Crippen molar-refractivity contribution in [3.63, 3.8) is 0 Å². The summed E-state index contributed by atoms with van der Waals surface area (Å²) in [5, 5.41) is 13.6. The Bertz CT molecular complexity index is 408. The standard InChI is InChI=1S/C9H16N4OS/c1-7-8(10)14-11-13(7)12-4-5-15-6-9(12,2)3/h10H,4-6H2,1-3H3. The highest BCUT2D eigenvalue weighted by Gasteiger charge is 2.32. The molecule has 1 fully saturated rings. The van der Waals surface area contributed by atoms with Crippen molar-refractivity contribution in [2.45, 2.75) is 26.3 Å². The fourth-order valence-electron chi connectivity index (χ4n) is 1.72. The predicted molar refractivity (Wildman–Crippen MR) is 57.3 cm³/mol. The predicted octanol–water partition coefficient (Wildman–Crippen LogP) is -0.224. The molecule has 5 nitrogen and oxygen atoms in total. The highest BCUT2D eigenvalue weighted by Crippen LogP contribution is 2.21. The van der Waals surface area contributed by atoms with Gasteiger partial charge in [0, 0.05) is 24.8 Å². The van der Waals surface area contributed by atoms with Crippen molar-refractivity contribution in [1.29, 1.82) is 5.41 Å². The van der Waals surface area contributed by atoms with E-state index in [1.165, 1.54) is 0 Å².